The van der Waals surface area contributed by atoms with E-state index in [1.54, 1.807) is 6.07 Å². The average molecular weight is 270 g/mol. The predicted molar refractivity (Wildman–Crippen MR) is 66.1 cm³/mol. The summed E-state index contributed by atoms with van der Waals surface area (Å²) < 4.78 is 2.10. The number of carbonyl (C=O) groups is 1. The molecule has 0 aliphatic carbocycles. The molecule has 0 radical (unpaired) electrons. The monoisotopic (exact) mass is 269 g/mol. The summed E-state index contributed by atoms with van der Waals surface area (Å²) in [6.07, 6.45) is 1.47. The van der Waals surface area contributed by atoms with E-state index in [0.29, 0.717) is 10.9 Å². The lowest BCUT2D eigenvalue weighted by atomic mass is 10.3. The van der Waals surface area contributed by atoms with E-state index in [4.69, 9.17) is 16.7 Å². The van der Waals surface area contributed by atoms with Crippen LogP contribution in [0, 0.1) is 0 Å². The molecule has 88 valence electrons. The standard InChI is InChI=1S/C11H8ClNO3S/c12-9-2-1-8(17-9)6-13-4-3-7(11(15)16)5-10(13)14/h1-5H,6H2,(H,15,16). The van der Waals surface area contributed by atoms with E-state index < -0.39 is 5.97 Å². The maximum absolute atomic E-state index is 11.6. The number of carboxylic acid groups (broad SMARTS) is 1. The number of hydrogen-bond donors (Lipinski definition) is 1. The third-order valence-electron chi connectivity index (χ3n) is 2.20. The highest BCUT2D eigenvalue weighted by Crippen LogP contribution is 2.21. The van der Waals surface area contributed by atoms with E-state index >= 15 is 0 Å². The number of thiophene rings is 1. The van der Waals surface area contributed by atoms with Gasteiger partial charge in [-0.1, -0.05) is 11.6 Å². The molecule has 0 saturated heterocycles. The first-order valence-electron chi connectivity index (χ1n) is 4.74. The van der Waals surface area contributed by atoms with Gasteiger partial charge in [-0.05, 0) is 18.2 Å². The van der Waals surface area contributed by atoms with Crippen LogP contribution in [0.25, 0.3) is 0 Å². The SMILES string of the molecule is O=C(O)c1ccn(Cc2ccc(Cl)s2)c(=O)c1. The van der Waals surface area contributed by atoms with Crippen molar-refractivity contribution in [2.24, 2.45) is 0 Å². The van der Waals surface area contributed by atoms with Crippen molar-refractivity contribution < 1.29 is 9.90 Å². The number of aromatic nitrogens is 1. The largest absolute Gasteiger partial charge is 0.478 e. The Bertz CT molecular complexity index is 617. The molecule has 2 heterocycles. The fraction of sp³-hybridized carbons (Fsp3) is 0.0909. The van der Waals surface area contributed by atoms with E-state index in [1.807, 2.05) is 6.07 Å². The summed E-state index contributed by atoms with van der Waals surface area (Å²) in [6.45, 7) is 0.399. The fourth-order valence-corrected chi connectivity index (χ4v) is 2.46. The molecular weight excluding hydrogens is 262 g/mol. The second-order valence-electron chi connectivity index (χ2n) is 3.39. The van der Waals surface area contributed by atoms with E-state index in [9.17, 15) is 9.59 Å². The van der Waals surface area contributed by atoms with Gasteiger partial charge in [0.05, 0.1) is 16.4 Å². The number of pyridine rings is 1. The smallest absolute Gasteiger partial charge is 0.335 e. The molecule has 6 heteroatoms. The van der Waals surface area contributed by atoms with Crippen LogP contribution in [0.15, 0.2) is 35.3 Å². The van der Waals surface area contributed by atoms with Crippen molar-refractivity contribution in [3.63, 3.8) is 0 Å². The van der Waals surface area contributed by atoms with Gasteiger partial charge in [0.1, 0.15) is 0 Å². The normalized spacial score (nSPS) is 10.4. The highest BCUT2D eigenvalue weighted by molar-refractivity contribution is 7.16. The van der Waals surface area contributed by atoms with Crippen LogP contribution in [-0.2, 0) is 6.54 Å². The Morgan fingerprint density at radius 1 is 1.41 bits per heavy atom. The van der Waals surface area contributed by atoms with E-state index in [2.05, 4.69) is 0 Å². The minimum Gasteiger partial charge on any atom is -0.478 e. The Morgan fingerprint density at radius 3 is 2.71 bits per heavy atom. The number of hydrogen-bond acceptors (Lipinski definition) is 3. The van der Waals surface area contributed by atoms with Gasteiger partial charge >= 0.3 is 5.97 Å². The molecule has 0 spiro atoms. The Morgan fingerprint density at radius 2 is 2.18 bits per heavy atom. The molecule has 17 heavy (non-hydrogen) atoms. The summed E-state index contributed by atoms with van der Waals surface area (Å²) in [5.41, 5.74) is -0.343. The number of aromatic carboxylic acids is 1. The molecule has 2 aromatic heterocycles. The zero-order valence-electron chi connectivity index (χ0n) is 8.59. The van der Waals surface area contributed by atoms with Gasteiger partial charge in [-0.25, -0.2) is 4.79 Å². The maximum atomic E-state index is 11.6. The van der Waals surface area contributed by atoms with Crippen LogP contribution in [0.2, 0.25) is 4.34 Å². The molecule has 0 saturated carbocycles. The molecule has 0 fully saturated rings. The Kier molecular flexibility index (Phi) is 3.31. The predicted octanol–water partition coefficient (Wildman–Crippen LogP) is 2.31. The third kappa shape index (κ3) is 2.75. The highest BCUT2D eigenvalue weighted by atomic mass is 35.5. The number of rotatable bonds is 3. The first kappa shape index (κ1) is 11.9. The molecule has 0 aliphatic heterocycles. The van der Waals surface area contributed by atoms with Crippen LogP contribution in [0.1, 0.15) is 15.2 Å². The molecule has 0 bridgehead atoms. The van der Waals surface area contributed by atoms with E-state index in [-0.39, 0.29) is 11.1 Å². The summed E-state index contributed by atoms with van der Waals surface area (Å²) >= 11 is 7.18. The van der Waals surface area contributed by atoms with Crippen LogP contribution < -0.4 is 5.56 Å². The van der Waals surface area contributed by atoms with Crippen LogP contribution >= 0.6 is 22.9 Å². The van der Waals surface area contributed by atoms with Crippen molar-refractivity contribution >= 4 is 28.9 Å². The summed E-state index contributed by atoms with van der Waals surface area (Å²) in [5.74, 6) is -1.10. The molecule has 0 amide bonds. The molecule has 4 nitrogen and oxygen atoms in total. The molecule has 0 aromatic carbocycles. The minimum atomic E-state index is -1.10. The van der Waals surface area contributed by atoms with Crippen molar-refractivity contribution in [2.75, 3.05) is 0 Å². The molecule has 2 aromatic rings. The fourth-order valence-electron chi connectivity index (χ4n) is 1.38. The summed E-state index contributed by atoms with van der Waals surface area (Å²) in [7, 11) is 0. The van der Waals surface area contributed by atoms with Crippen LogP contribution in [0.5, 0.6) is 0 Å². The summed E-state index contributed by atoms with van der Waals surface area (Å²) in [6, 6.07) is 6.11. The van der Waals surface area contributed by atoms with E-state index in [0.717, 1.165) is 10.9 Å². The quantitative estimate of drug-likeness (QED) is 0.930. The van der Waals surface area contributed by atoms with Crippen LogP contribution in [0.4, 0.5) is 0 Å². The Hall–Kier alpha value is -1.59. The Balaban J connectivity index is 2.28. The van der Waals surface area contributed by atoms with Gasteiger partial charge in [-0.2, -0.15) is 0 Å². The third-order valence-corrected chi connectivity index (χ3v) is 3.41. The zero-order chi connectivity index (χ0) is 12.4. The number of carboxylic acids is 1. The van der Waals surface area contributed by atoms with Crippen molar-refractivity contribution in [3.8, 4) is 0 Å². The summed E-state index contributed by atoms with van der Waals surface area (Å²) in [5, 5.41) is 8.73. The molecular formula is C11H8ClNO3S. The topological polar surface area (TPSA) is 59.3 Å². The highest BCUT2D eigenvalue weighted by Gasteiger charge is 2.06. The van der Waals surface area contributed by atoms with Crippen molar-refractivity contribution in [3.05, 3.63) is 55.6 Å². The van der Waals surface area contributed by atoms with Gasteiger partial charge in [0, 0.05) is 17.1 Å². The second kappa shape index (κ2) is 4.73. The first-order valence-corrected chi connectivity index (χ1v) is 5.94. The van der Waals surface area contributed by atoms with Gasteiger partial charge in [0.15, 0.2) is 0 Å². The molecule has 1 N–H and O–H groups in total. The lowest BCUT2D eigenvalue weighted by Crippen LogP contribution is -2.20. The Labute approximate surface area is 106 Å². The van der Waals surface area contributed by atoms with Crippen LogP contribution in [-0.4, -0.2) is 15.6 Å². The van der Waals surface area contributed by atoms with Gasteiger partial charge in [0.2, 0.25) is 0 Å². The van der Waals surface area contributed by atoms with Gasteiger partial charge in [0.25, 0.3) is 5.56 Å². The van der Waals surface area contributed by atoms with E-state index in [1.165, 1.54) is 28.2 Å². The summed E-state index contributed by atoms with van der Waals surface area (Å²) in [4.78, 5) is 23.2. The number of nitrogens with zero attached hydrogens (tertiary/aromatic N) is 1. The van der Waals surface area contributed by atoms with Crippen LogP contribution in [0.3, 0.4) is 0 Å². The zero-order valence-corrected chi connectivity index (χ0v) is 10.2. The molecule has 0 unspecified atom stereocenters. The first-order chi connectivity index (χ1) is 8.06. The van der Waals surface area contributed by atoms with Crippen molar-refractivity contribution in [1.82, 2.24) is 4.57 Å². The van der Waals surface area contributed by atoms with Crippen molar-refractivity contribution in [1.29, 1.82) is 0 Å². The minimum absolute atomic E-state index is 0.00420. The van der Waals surface area contributed by atoms with Crippen molar-refractivity contribution in [2.45, 2.75) is 6.54 Å². The second-order valence-corrected chi connectivity index (χ2v) is 5.19. The average Bonchev–Trinajstić information content (AvgIpc) is 2.67. The maximum Gasteiger partial charge on any atom is 0.335 e. The lowest BCUT2D eigenvalue weighted by molar-refractivity contribution is 0.0696. The molecule has 2 rings (SSSR count). The number of halogens is 1. The molecule has 0 aliphatic rings. The van der Waals surface area contributed by atoms with Gasteiger partial charge < -0.3 is 9.67 Å². The molecule has 0 atom stereocenters. The van der Waals surface area contributed by atoms with Gasteiger partial charge in [-0.15, -0.1) is 11.3 Å². The lowest BCUT2D eigenvalue weighted by Gasteiger charge is -2.03. The van der Waals surface area contributed by atoms with Gasteiger partial charge in [-0.3, -0.25) is 4.79 Å².